The van der Waals surface area contributed by atoms with Crippen molar-refractivity contribution in [1.82, 2.24) is 4.90 Å². The van der Waals surface area contributed by atoms with Gasteiger partial charge >= 0.3 is 0 Å². The Hall–Kier alpha value is -1.61. The quantitative estimate of drug-likeness (QED) is 0.414. The number of hydrogen-bond donors (Lipinski definition) is 0. The molecular weight excluding hydrogens is 372 g/mol. The third-order valence-electron chi connectivity index (χ3n) is 4.52. The lowest BCUT2D eigenvalue weighted by Crippen LogP contribution is -2.14. The molecule has 2 rings (SSSR count). The van der Waals surface area contributed by atoms with Gasteiger partial charge in [-0.3, -0.25) is 0 Å². The fraction of sp³-hybridized carbons (Fsp3) is 0.409. The SMILES string of the molecule is CCN(C)/C=N/c1cc(C)c(-c2ccc(C(C)(C)C)c(Br)c2)cc1C. The lowest BCUT2D eigenvalue weighted by molar-refractivity contribution is 0.552. The van der Waals surface area contributed by atoms with Crippen molar-refractivity contribution in [1.29, 1.82) is 0 Å². The highest BCUT2D eigenvalue weighted by Crippen LogP contribution is 2.36. The molecule has 2 nitrogen and oxygen atoms in total. The minimum absolute atomic E-state index is 0.131. The molecule has 0 aliphatic heterocycles. The Morgan fingerprint density at radius 1 is 1.08 bits per heavy atom. The predicted molar refractivity (Wildman–Crippen MR) is 114 cm³/mol. The van der Waals surface area contributed by atoms with Crippen molar-refractivity contribution in [2.45, 2.75) is 47.0 Å². The van der Waals surface area contributed by atoms with E-state index in [1.54, 1.807) is 0 Å². The highest BCUT2D eigenvalue weighted by atomic mass is 79.9. The van der Waals surface area contributed by atoms with Crippen molar-refractivity contribution in [3.63, 3.8) is 0 Å². The zero-order valence-electron chi connectivity index (χ0n) is 16.4. The van der Waals surface area contributed by atoms with Crippen LogP contribution in [-0.2, 0) is 5.41 Å². The molecule has 25 heavy (non-hydrogen) atoms. The summed E-state index contributed by atoms with van der Waals surface area (Å²) in [6, 6.07) is 11.1. The van der Waals surface area contributed by atoms with E-state index >= 15 is 0 Å². The van der Waals surface area contributed by atoms with Gasteiger partial charge in [-0.1, -0.05) is 48.8 Å². The molecule has 0 atom stereocenters. The van der Waals surface area contributed by atoms with Crippen molar-refractivity contribution < 1.29 is 0 Å². The van der Waals surface area contributed by atoms with Crippen molar-refractivity contribution in [2.24, 2.45) is 4.99 Å². The van der Waals surface area contributed by atoms with Gasteiger partial charge in [0.1, 0.15) is 0 Å². The Kier molecular flexibility index (Phi) is 6.10. The summed E-state index contributed by atoms with van der Waals surface area (Å²) < 4.78 is 1.17. The number of hydrogen-bond acceptors (Lipinski definition) is 1. The zero-order chi connectivity index (χ0) is 18.8. The minimum atomic E-state index is 0.131. The van der Waals surface area contributed by atoms with E-state index in [9.17, 15) is 0 Å². The van der Waals surface area contributed by atoms with Crippen LogP contribution in [0.4, 0.5) is 5.69 Å². The molecular formula is C22H29BrN2. The van der Waals surface area contributed by atoms with Gasteiger partial charge in [0.25, 0.3) is 0 Å². The summed E-state index contributed by atoms with van der Waals surface area (Å²) >= 11 is 3.76. The van der Waals surface area contributed by atoms with Gasteiger partial charge in [-0.2, -0.15) is 0 Å². The predicted octanol–water partition coefficient (Wildman–Crippen LogP) is 6.64. The Morgan fingerprint density at radius 2 is 1.76 bits per heavy atom. The average Bonchev–Trinajstić information content (AvgIpc) is 2.53. The highest BCUT2D eigenvalue weighted by molar-refractivity contribution is 9.10. The molecule has 0 bridgehead atoms. The Balaban J connectivity index is 2.43. The monoisotopic (exact) mass is 400 g/mol. The first-order valence-electron chi connectivity index (χ1n) is 8.79. The first-order chi connectivity index (χ1) is 11.6. The summed E-state index contributed by atoms with van der Waals surface area (Å²) in [4.78, 5) is 6.70. The van der Waals surface area contributed by atoms with Crippen molar-refractivity contribution in [2.75, 3.05) is 13.6 Å². The van der Waals surface area contributed by atoms with Crippen LogP contribution in [0.25, 0.3) is 11.1 Å². The molecule has 0 aliphatic rings. The molecule has 0 fully saturated rings. The molecule has 0 unspecified atom stereocenters. The van der Waals surface area contributed by atoms with E-state index < -0.39 is 0 Å². The second kappa shape index (κ2) is 7.74. The number of rotatable bonds is 4. The molecule has 0 amide bonds. The molecule has 3 heteroatoms. The van der Waals surface area contributed by atoms with Crippen LogP contribution in [0.1, 0.15) is 44.4 Å². The molecule has 2 aromatic carbocycles. The molecule has 0 saturated carbocycles. The van der Waals surface area contributed by atoms with Gasteiger partial charge in [0.05, 0.1) is 12.0 Å². The zero-order valence-corrected chi connectivity index (χ0v) is 18.0. The van der Waals surface area contributed by atoms with Crippen LogP contribution in [0, 0.1) is 13.8 Å². The van der Waals surface area contributed by atoms with Crippen molar-refractivity contribution in [3.05, 3.63) is 51.5 Å². The third kappa shape index (κ3) is 4.72. The molecule has 0 saturated heterocycles. The van der Waals surface area contributed by atoms with Crippen molar-refractivity contribution in [3.8, 4) is 11.1 Å². The van der Waals surface area contributed by atoms with Crippen LogP contribution in [-0.4, -0.2) is 24.8 Å². The maximum atomic E-state index is 4.63. The molecule has 0 aromatic heterocycles. The first-order valence-corrected chi connectivity index (χ1v) is 9.59. The van der Waals surface area contributed by atoms with Crippen LogP contribution >= 0.6 is 15.9 Å². The molecule has 0 heterocycles. The van der Waals surface area contributed by atoms with E-state index in [1.807, 2.05) is 13.4 Å². The summed E-state index contributed by atoms with van der Waals surface area (Å²) in [6.07, 6.45) is 1.90. The number of aliphatic imine (C=N–C) groups is 1. The van der Waals surface area contributed by atoms with Gasteiger partial charge in [-0.05, 0) is 72.2 Å². The summed E-state index contributed by atoms with van der Waals surface area (Å²) in [5.41, 5.74) is 7.43. The largest absolute Gasteiger partial charge is 0.366 e. The van der Waals surface area contributed by atoms with Gasteiger partial charge in [0.2, 0.25) is 0 Å². The summed E-state index contributed by atoms with van der Waals surface area (Å²) in [5.74, 6) is 0. The maximum Gasteiger partial charge on any atom is 0.0909 e. The fourth-order valence-corrected chi connectivity index (χ4v) is 3.76. The van der Waals surface area contributed by atoms with Crippen LogP contribution in [0.15, 0.2) is 39.8 Å². The van der Waals surface area contributed by atoms with Gasteiger partial charge < -0.3 is 4.90 Å². The highest BCUT2D eigenvalue weighted by Gasteiger charge is 2.17. The maximum absolute atomic E-state index is 4.63. The Bertz CT molecular complexity index is 785. The number of halogens is 1. The smallest absolute Gasteiger partial charge is 0.0909 e. The topological polar surface area (TPSA) is 15.6 Å². The van der Waals surface area contributed by atoms with E-state index in [4.69, 9.17) is 0 Å². The van der Waals surface area contributed by atoms with Crippen molar-refractivity contribution >= 4 is 28.0 Å². The molecule has 0 radical (unpaired) electrons. The molecule has 134 valence electrons. The van der Waals surface area contributed by atoms with Crippen LogP contribution in [0.5, 0.6) is 0 Å². The van der Waals surface area contributed by atoms with Crippen LogP contribution < -0.4 is 0 Å². The lowest BCUT2D eigenvalue weighted by Gasteiger charge is -2.21. The second-order valence-electron chi connectivity index (χ2n) is 7.72. The number of benzene rings is 2. The van der Waals surface area contributed by atoms with E-state index in [1.165, 1.54) is 32.3 Å². The van der Waals surface area contributed by atoms with E-state index in [2.05, 4.69) is 97.7 Å². The fourth-order valence-electron chi connectivity index (χ4n) is 2.78. The van der Waals surface area contributed by atoms with Gasteiger partial charge in [-0.15, -0.1) is 0 Å². The normalized spacial score (nSPS) is 12.0. The second-order valence-corrected chi connectivity index (χ2v) is 8.57. The van der Waals surface area contributed by atoms with E-state index in [0.717, 1.165) is 12.2 Å². The standard InChI is InChI=1S/C22H29BrN2/c1-8-25(7)14-24-21-12-15(2)18(11-16(21)3)17-9-10-19(20(23)13-17)22(4,5)6/h9-14H,8H2,1-7H3/b24-14+. The van der Waals surface area contributed by atoms with E-state index in [-0.39, 0.29) is 5.41 Å². The molecule has 0 N–H and O–H groups in total. The first kappa shape index (κ1) is 19.7. The minimum Gasteiger partial charge on any atom is -0.366 e. The molecule has 2 aromatic rings. The van der Waals surface area contributed by atoms with E-state index in [0.29, 0.717) is 0 Å². The summed E-state index contributed by atoms with van der Waals surface area (Å²) in [5, 5.41) is 0. The van der Waals surface area contributed by atoms with Crippen LogP contribution in [0.3, 0.4) is 0 Å². The number of nitrogens with zero attached hydrogens (tertiary/aromatic N) is 2. The Morgan fingerprint density at radius 3 is 2.32 bits per heavy atom. The summed E-state index contributed by atoms with van der Waals surface area (Å²) in [6.45, 7) is 14.1. The van der Waals surface area contributed by atoms with Gasteiger partial charge in [-0.25, -0.2) is 4.99 Å². The molecule has 0 aliphatic carbocycles. The number of aryl methyl sites for hydroxylation is 2. The lowest BCUT2D eigenvalue weighted by atomic mass is 9.86. The van der Waals surface area contributed by atoms with Gasteiger partial charge in [0.15, 0.2) is 0 Å². The van der Waals surface area contributed by atoms with Crippen LogP contribution in [0.2, 0.25) is 0 Å². The third-order valence-corrected chi connectivity index (χ3v) is 5.18. The Labute approximate surface area is 161 Å². The molecule has 0 spiro atoms. The van der Waals surface area contributed by atoms with Gasteiger partial charge in [0, 0.05) is 18.1 Å². The average molecular weight is 401 g/mol. The summed E-state index contributed by atoms with van der Waals surface area (Å²) in [7, 11) is 2.04.